The number of thiophene rings is 1. The predicted octanol–water partition coefficient (Wildman–Crippen LogP) is 3.39. The number of hydrogen-bond donors (Lipinski definition) is 2. The van der Waals surface area contributed by atoms with E-state index in [9.17, 15) is 8.78 Å². The van der Waals surface area contributed by atoms with Crippen LogP contribution in [0, 0.1) is 11.6 Å². The van der Waals surface area contributed by atoms with E-state index >= 15 is 0 Å². The Morgan fingerprint density at radius 3 is 2.74 bits per heavy atom. The number of nitrogens with two attached hydrogens (primary N) is 1. The van der Waals surface area contributed by atoms with Crippen molar-refractivity contribution in [1.82, 2.24) is 4.98 Å². The van der Waals surface area contributed by atoms with Crippen molar-refractivity contribution >= 4 is 23.0 Å². The van der Waals surface area contributed by atoms with Crippen molar-refractivity contribution in [3.8, 4) is 0 Å². The maximum atomic E-state index is 13.5. The second-order valence-electron chi connectivity index (χ2n) is 4.90. The fourth-order valence-electron chi connectivity index (χ4n) is 1.66. The van der Waals surface area contributed by atoms with Gasteiger partial charge < -0.3 is 11.1 Å². The number of nitrogen functional groups attached to an aromatic ring is 1. The molecule has 102 valence electrons. The van der Waals surface area contributed by atoms with Gasteiger partial charge in [0, 0.05) is 22.9 Å². The fourth-order valence-corrected chi connectivity index (χ4v) is 2.51. The number of nitrogens with one attached hydrogen (secondary N) is 1. The van der Waals surface area contributed by atoms with E-state index in [0.29, 0.717) is 6.54 Å². The van der Waals surface area contributed by atoms with Crippen LogP contribution in [0.3, 0.4) is 0 Å². The second-order valence-corrected chi connectivity index (χ2v) is 5.85. The molecule has 0 saturated carbocycles. The molecule has 0 unspecified atom stereocenters. The van der Waals surface area contributed by atoms with Gasteiger partial charge in [-0.3, -0.25) is 0 Å². The van der Waals surface area contributed by atoms with Gasteiger partial charge in [0.05, 0.1) is 0 Å². The molecule has 0 aliphatic rings. The molecule has 2 aromatic heterocycles. The minimum absolute atomic E-state index is 0.0245. The molecule has 0 fully saturated rings. The molecule has 2 heterocycles. The van der Waals surface area contributed by atoms with Crippen LogP contribution in [-0.4, -0.2) is 11.5 Å². The summed E-state index contributed by atoms with van der Waals surface area (Å²) in [5.41, 5.74) is 5.16. The summed E-state index contributed by atoms with van der Waals surface area (Å²) < 4.78 is 26.5. The van der Waals surface area contributed by atoms with Crippen molar-refractivity contribution in [2.45, 2.75) is 19.3 Å². The topological polar surface area (TPSA) is 50.9 Å². The fraction of sp³-hybridized carbons (Fsp3) is 0.308. The van der Waals surface area contributed by atoms with Crippen molar-refractivity contribution in [2.24, 2.45) is 0 Å². The van der Waals surface area contributed by atoms with E-state index in [4.69, 9.17) is 5.73 Å². The molecule has 0 spiro atoms. The third-order valence-corrected chi connectivity index (χ3v) is 4.08. The Balaban J connectivity index is 2.13. The van der Waals surface area contributed by atoms with E-state index in [-0.39, 0.29) is 17.1 Å². The van der Waals surface area contributed by atoms with E-state index in [1.54, 1.807) is 11.3 Å². The normalized spacial score (nSPS) is 11.6. The summed E-state index contributed by atoms with van der Waals surface area (Å²) >= 11 is 1.64. The molecule has 0 aliphatic carbocycles. The lowest BCUT2D eigenvalue weighted by atomic mass is 9.91. The van der Waals surface area contributed by atoms with Crippen molar-refractivity contribution in [3.63, 3.8) is 0 Å². The van der Waals surface area contributed by atoms with Gasteiger partial charge in [0.15, 0.2) is 23.3 Å². The predicted molar refractivity (Wildman–Crippen MR) is 74.4 cm³/mol. The molecule has 0 bridgehead atoms. The average molecular weight is 283 g/mol. The summed E-state index contributed by atoms with van der Waals surface area (Å²) in [5.74, 6) is -1.92. The van der Waals surface area contributed by atoms with Crippen molar-refractivity contribution in [2.75, 3.05) is 17.6 Å². The smallest absolute Gasteiger partial charge is 0.168 e. The molecule has 2 aromatic rings. The lowest BCUT2D eigenvalue weighted by molar-refractivity contribution is 0.555. The maximum absolute atomic E-state index is 13.5. The van der Waals surface area contributed by atoms with Gasteiger partial charge in [0.25, 0.3) is 0 Å². The van der Waals surface area contributed by atoms with Gasteiger partial charge in [-0.15, -0.1) is 11.3 Å². The third-order valence-electron chi connectivity index (χ3n) is 2.84. The van der Waals surface area contributed by atoms with Crippen LogP contribution < -0.4 is 11.1 Å². The number of pyridine rings is 1. The van der Waals surface area contributed by atoms with Gasteiger partial charge in [-0.1, -0.05) is 19.9 Å². The zero-order valence-electron chi connectivity index (χ0n) is 10.7. The number of nitrogens with zero attached hydrogens (tertiary/aromatic N) is 1. The Morgan fingerprint density at radius 2 is 2.11 bits per heavy atom. The summed E-state index contributed by atoms with van der Waals surface area (Å²) in [4.78, 5) is 4.85. The molecule has 19 heavy (non-hydrogen) atoms. The molecule has 2 rings (SSSR count). The Bertz CT molecular complexity index is 568. The second kappa shape index (κ2) is 5.13. The van der Waals surface area contributed by atoms with E-state index in [1.165, 1.54) is 4.88 Å². The highest BCUT2D eigenvalue weighted by molar-refractivity contribution is 7.10. The first-order valence-corrected chi connectivity index (χ1v) is 6.67. The summed E-state index contributed by atoms with van der Waals surface area (Å²) in [5, 5.41) is 4.88. The zero-order valence-corrected chi connectivity index (χ0v) is 11.5. The highest BCUT2D eigenvalue weighted by Crippen LogP contribution is 2.28. The van der Waals surface area contributed by atoms with Crippen LogP contribution in [0.1, 0.15) is 18.7 Å². The molecule has 0 amide bonds. The van der Waals surface area contributed by atoms with Crippen LogP contribution >= 0.6 is 11.3 Å². The molecule has 3 N–H and O–H groups in total. The van der Waals surface area contributed by atoms with Crippen LogP contribution in [0.2, 0.25) is 0 Å². The Hall–Kier alpha value is -1.69. The summed E-state index contributed by atoms with van der Waals surface area (Å²) in [6.07, 6.45) is 0. The van der Waals surface area contributed by atoms with E-state index in [2.05, 4.69) is 10.3 Å². The van der Waals surface area contributed by atoms with Crippen LogP contribution in [0.4, 0.5) is 20.4 Å². The van der Waals surface area contributed by atoms with Crippen LogP contribution in [0.5, 0.6) is 0 Å². The number of rotatable bonds is 4. The Kier molecular flexibility index (Phi) is 3.71. The van der Waals surface area contributed by atoms with Crippen molar-refractivity contribution < 1.29 is 8.78 Å². The van der Waals surface area contributed by atoms with E-state index in [1.807, 2.05) is 31.4 Å². The standard InChI is InChI=1S/C13H15F2N3S/c1-13(2,10-4-3-5-19-10)7-17-12-9(15)6-8(14)11(16)18-12/h3-6H,7H2,1-2H3,(H3,16,17,18). The van der Waals surface area contributed by atoms with Gasteiger partial charge in [-0.05, 0) is 11.4 Å². The van der Waals surface area contributed by atoms with Gasteiger partial charge in [0.1, 0.15) is 0 Å². The summed E-state index contributed by atoms with van der Waals surface area (Å²) in [6.45, 7) is 4.55. The molecular weight excluding hydrogens is 268 g/mol. The summed E-state index contributed by atoms with van der Waals surface area (Å²) in [7, 11) is 0. The lowest BCUT2D eigenvalue weighted by Gasteiger charge is -2.24. The molecule has 6 heteroatoms. The molecule has 0 atom stereocenters. The molecule has 3 nitrogen and oxygen atoms in total. The van der Waals surface area contributed by atoms with Gasteiger partial charge in [-0.25, -0.2) is 13.8 Å². The monoisotopic (exact) mass is 283 g/mol. The van der Waals surface area contributed by atoms with Crippen LogP contribution in [-0.2, 0) is 5.41 Å². The molecule has 0 saturated heterocycles. The molecule has 0 radical (unpaired) electrons. The number of hydrogen-bond acceptors (Lipinski definition) is 4. The van der Waals surface area contributed by atoms with Crippen molar-refractivity contribution in [3.05, 3.63) is 40.1 Å². The van der Waals surface area contributed by atoms with Gasteiger partial charge in [0.2, 0.25) is 0 Å². The number of halogens is 2. The Morgan fingerprint density at radius 1 is 1.37 bits per heavy atom. The number of anilines is 2. The Labute approximate surface area is 114 Å². The number of aromatic nitrogens is 1. The first-order valence-electron chi connectivity index (χ1n) is 5.79. The molecule has 0 aliphatic heterocycles. The maximum Gasteiger partial charge on any atom is 0.168 e. The van der Waals surface area contributed by atoms with Crippen LogP contribution in [0.25, 0.3) is 0 Å². The minimum atomic E-state index is -0.847. The van der Waals surface area contributed by atoms with E-state index in [0.717, 1.165) is 6.07 Å². The zero-order chi connectivity index (χ0) is 14.0. The van der Waals surface area contributed by atoms with Crippen LogP contribution in [0.15, 0.2) is 23.6 Å². The highest BCUT2D eigenvalue weighted by Gasteiger charge is 2.22. The molecular formula is C13H15F2N3S. The largest absolute Gasteiger partial charge is 0.381 e. The third kappa shape index (κ3) is 3.01. The van der Waals surface area contributed by atoms with Crippen molar-refractivity contribution in [1.29, 1.82) is 0 Å². The lowest BCUT2D eigenvalue weighted by Crippen LogP contribution is -2.27. The quantitative estimate of drug-likeness (QED) is 0.904. The SMILES string of the molecule is CC(C)(CNc1nc(N)c(F)cc1F)c1cccs1. The van der Waals surface area contributed by atoms with Gasteiger partial charge in [-0.2, -0.15) is 0 Å². The highest BCUT2D eigenvalue weighted by atomic mass is 32.1. The summed E-state index contributed by atoms with van der Waals surface area (Å²) in [6, 6.07) is 4.73. The van der Waals surface area contributed by atoms with E-state index < -0.39 is 11.6 Å². The first-order chi connectivity index (χ1) is 8.90. The minimum Gasteiger partial charge on any atom is -0.381 e. The van der Waals surface area contributed by atoms with Gasteiger partial charge >= 0.3 is 0 Å². The first kappa shape index (κ1) is 13.7. The average Bonchev–Trinajstić information content (AvgIpc) is 2.86. The molecule has 0 aromatic carbocycles.